The number of amides is 1. The van der Waals surface area contributed by atoms with E-state index in [0.29, 0.717) is 19.4 Å². The van der Waals surface area contributed by atoms with E-state index in [1.165, 1.54) is 4.57 Å². The SMILES string of the molecule is CCCC(C(=O)NC(CC(=O)O)C(=O)CF)c1cccn(Cc2ccccc2)c1=O. The molecule has 8 heteroatoms. The number of nitrogens with zero attached hydrogens (tertiary/aromatic N) is 1. The minimum atomic E-state index is -1.48. The predicted octanol–water partition coefficient (Wildman–Crippen LogP) is 2.28. The van der Waals surface area contributed by atoms with Crippen molar-refractivity contribution in [1.29, 1.82) is 0 Å². The van der Waals surface area contributed by atoms with Crippen molar-refractivity contribution in [3.63, 3.8) is 0 Å². The van der Waals surface area contributed by atoms with Crippen LogP contribution >= 0.6 is 0 Å². The number of alkyl halides is 1. The second-order valence-corrected chi connectivity index (χ2v) is 6.98. The Morgan fingerprint density at radius 1 is 1.13 bits per heavy atom. The van der Waals surface area contributed by atoms with E-state index in [1.807, 2.05) is 37.3 Å². The fraction of sp³-hybridized carbons (Fsp3) is 0.364. The van der Waals surface area contributed by atoms with Gasteiger partial charge in [0.2, 0.25) is 5.91 Å². The van der Waals surface area contributed by atoms with Gasteiger partial charge in [-0.2, -0.15) is 0 Å². The van der Waals surface area contributed by atoms with Gasteiger partial charge in [0.05, 0.1) is 18.9 Å². The molecule has 0 fully saturated rings. The fourth-order valence-electron chi connectivity index (χ4n) is 3.23. The van der Waals surface area contributed by atoms with Crippen molar-refractivity contribution in [2.45, 2.75) is 44.7 Å². The van der Waals surface area contributed by atoms with Gasteiger partial charge in [-0.3, -0.25) is 19.2 Å². The van der Waals surface area contributed by atoms with E-state index in [-0.39, 0.29) is 11.1 Å². The van der Waals surface area contributed by atoms with Gasteiger partial charge in [-0.15, -0.1) is 0 Å². The summed E-state index contributed by atoms with van der Waals surface area (Å²) in [6.07, 6.45) is 1.80. The zero-order valence-electron chi connectivity index (χ0n) is 16.7. The molecule has 0 spiro atoms. The number of carbonyl (C=O) groups excluding carboxylic acids is 2. The number of aromatic nitrogens is 1. The predicted molar refractivity (Wildman–Crippen MR) is 109 cm³/mol. The molecular formula is C22H25FN2O5. The Labute approximate surface area is 173 Å². The van der Waals surface area contributed by atoms with Crippen molar-refractivity contribution >= 4 is 17.7 Å². The smallest absolute Gasteiger partial charge is 0.305 e. The number of nitrogens with one attached hydrogen (secondary N) is 1. The molecule has 1 aromatic heterocycles. The van der Waals surface area contributed by atoms with E-state index in [0.717, 1.165) is 5.56 Å². The number of Topliss-reactive ketones (excluding diaryl/α,β-unsaturated/α-hetero) is 1. The summed E-state index contributed by atoms with van der Waals surface area (Å²) in [6.45, 7) is 0.787. The third-order valence-corrected chi connectivity index (χ3v) is 4.73. The lowest BCUT2D eigenvalue weighted by Gasteiger charge is -2.21. The lowest BCUT2D eigenvalue weighted by Crippen LogP contribution is -2.45. The normalized spacial score (nSPS) is 12.7. The van der Waals surface area contributed by atoms with Gasteiger partial charge in [-0.25, -0.2) is 4.39 Å². The van der Waals surface area contributed by atoms with Crippen LogP contribution in [0.5, 0.6) is 0 Å². The summed E-state index contributed by atoms with van der Waals surface area (Å²) < 4.78 is 14.3. The number of pyridine rings is 1. The molecule has 0 aliphatic heterocycles. The monoisotopic (exact) mass is 416 g/mol. The molecule has 1 aromatic carbocycles. The molecule has 0 aliphatic rings. The number of carboxylic acid groups (broad SMARTS) is 1. The zero-order valence-corrected chi connectivity index (χ0v) is 16.7. The first-order chi connectivity index (χ1) is 14.4. The van der Waals surface area contributed by atoms with Gasteiger partial charge in [-0.05, 0) is 18.1 Å². The van der Waals surface area contributed by atoms with Crippen molar-refractivity contribution in [3.8, 4) is 0 Å². The molecule has 0 saturated heterocycles. The quantitative estimate of drug-likeness (QED) is 0.585. The molecule has 0 saturated carbocycles. The summed E-state index contributed by atoms with van der Waals surface area (Å²) in [5, 5.41) is 11.3. The highest BCUT2D eigenvalue weighted by Crippen LogP contribution is 2.19. The maximum absolute atomic E-state index is 13.0. The van der Waals surface area contributed by atoms with Gasteiger partial charge in [-0.1, -0.05) is 49.7 Å². The molecule has 2 atom stereocenters. The van der Waals surface area contributed by atoms with Gasteiger partial charge in [0.15, 0.2) is 5.78 Å². The van der Waals surface area contributed by atoms with E-state index in [9.17, 15) is 23.6 Å². The van der Waals surface area contributed by atoms with Crippen molar-refractivity contribution in [3.05, 3.63) is 70.1 Å². The molecule has 30 heavy (non-hydrogen) atoms. The molecule has 0 radical (unpaired) electrons. The topological polar surface area (TPSA) is 105 Å². The fourth-order valence-corrected chi connectivity index (χ4v) is 3.23. The highest BCUT2D eigenvalue weighted by molar-refractivity contribution is 5.94. The van der Waals surface area contributed by atoms with E-state index < -0.39 is 42.7 Å². The Balaban J connectivity index is 2.31. The lowest BCUT2D eigenvalue weighted by molar-refractivity contribution is -0.140. The number of carboxylic acids is 1. The van der Waals surface area contributed by atoms with E-state index in [2.05, 4.69) is 5.32 Å². The second-order valence-electron chi connectivity index (χ2n) is 6.98. The average molecular weight is 416 g/mol. The van der Waals surface area contributed by atoms with Crippen LogP contribution < -0.4 is 10.9 Å². The third-order valence-electron chi connectivity index (χ3n) is 4.73. The van der Waals surface area contributed by atoms with Crippen molar-refractivity contribution < 1.29 is 23.9 Å². The molecule has 160 valence electrons. The number of aliphatic carboxylic acids is 1. The molecular weight excluding hydrogens is 391 g/mol. The first-order valence-corrected chi connectivity index (χ1v) is 9.71. The van der Waals surface area contributed by atoms with Crippen LogP contribution in [0.4, 0.5) is 4.39 Å². The second kappa shape index (κ2) is 11.0. The first-order valence-electron chi connectivity index (χ1n) is 9.71. The van der Waals surface area contributed by atoms with Crippen LogP contribution in [-0.4, -0.2) is 40.0 Å². The number of halogens is 1. The van der Waals surface area contributed by atoms with E-state index in [4.69, 9.17) is 5.11 Å². The Bertz CT molecular complexity index is 942. The highest BCUT2D eigenvalue weighted by Gasteiger charge is 2.29. The summed E-state index contributed by atoms with van der Waals surface area (Å²) in [5.74, 6) is -3.90. The van der Waals surface area contributed by atoms with Crippen LogP contribution in [0, 0.1) is 0 Å². The van der Waals surface area contributed by atoms with Gasteiger partial charge < -0.3 is 15.0 Å². The van der Waals surface area contributed by atoms with Crippen LogP contribution in [0.1, 0.15) is 43.2 Å². The molecule has 2 unspecified atom stereocenters. The zero-order chi connectivity index (χ0) is 22.1. The molecule has 7 nitrogen and oxygen atoms in total. The molecule has 2 aromatic rings. The van der Waals surface area contributed by atoms with E-state index in [1.54, 1.807) is 18.3 Å². The number of rotatable bonds is 11. The Hall–Kier alpha value is -3.29. The van der Waals surface area contributed by atoms with Crippen molar-refractivity contribution in [2.24, 2.45) is 0 Å². The van der Waals surface area contributed by atoms with Crippen molar-refractivity contribution in [1.82, 2.24) is 9.88 Å². The maximum atomic E-state index is 13.0. The van der Waals surface area contributed by atoms with Gasteiger partial charge in [0, 0.05) is 11.8 Å². The van der Waals surface area contributed by atoms with Crippen molar-refractivity contribution in [2.75, 3.05) is 6.67 Å². The lowest BCUT2D eigenvalue weighted by atomic mass is 9.93. The van der Waals surface area contributed by atoms with Gasteiger partial charge in [0.25, 0.3) is 5.56 Å². The van der Waals surface area contributed by atoms with Crippen LogP contribution in [0.3, 0.4) is 0 Å². The molecule has 0 bridgehead atoms. The van der Waals surface area contributed by atoms with Crippen LogP contribution in [-0.2, 0) is 20.9 Å². The highest BCUT2D eigenvalue weighted by atomic mass is 19.1. The van der Waals surface area contributed by atoms with Crippen LogP contribution in [0.15, 0.2) is 53.5 Å². The molecule has 2 N–H and O–H groups in total. The summed E-state index contributed by atoms with van der Waals surface area (Å²) in [7, 11) is 0. The average Bonchev–Trinajstić information content (AvgIpc) is 2.73. The maximum Gasteiger partial charge on any atom is 0.305 e. The Kier molecular flexibility index (Phi) is 8.46. The third kappa shape index (κ3) is 6.10. The van der Waals surface area contributed by atoms with Crippen LogP contribution in [0.2, 0.25) is 0 Å². The molecule has 1 amide bonds. The Morgan fingerprint density at radius 3 is 2.43 bits per heavy atom. The summed E-state index contributed by atoms with van der Waals surface area (Å²) in [5.41, 5.74) is 0.819. The number of hydrogen-bond donors (Lipinski definition) is 2. The molecule has 1 heterocycles. The van der Waals surface area contributed by atoms with Crippen LogP contribution in [0.25, 0.3) is 0 Å². The first kappa shape index (κ1) is 23.0. The summed E-state index contributed by atoms with van der Waals surface area (Å²) in [4.78, 5) is 48.5. The minimum absolute atomic E-state index is 0.245. The number of benzene rings is 1. The number of hydrogen-bond acceptors (Lipinski definition) is 4. The molecule has 2 rings (SSSR count). The standard InChI is InChI=1S/C22H25FN2O5/c1-2-7-16(21(29)24-18(12-20(27)28)19(26)13-23)17-10-6-11-25(22(17)30)14-15-8-4-3-5-9-15/h3-6,8-11,16,18H,2,7,12-14H2,1H3,(H,24,29)(H,27,28). The number of carbonyl (C=O) groups is 3. The largest absolute Gasteiger partial charge is 0.481 e. The molecule has 0 aliphatic carbocycles. The number of ketones is 1. The summed E-state index contributed by atoms with van der Waals surface area (Å²) in [6, 6.07) is 11.1. The van der Waals surface area contributed by atoms with Gasteiger partial charge >= 0.3 is 5.97 Å². The van der Waals surface area contributed by atoms with Gasteiger partial charge in [0.1, 0.15) is 12.7 Å². The summed E-state index contributed by atoms with van der Waals surface area (Å²) >= 11 is 0. The van der Waals surface area contributed by atoms with E-state index >= 15 is 0 Å². The Morgan fingerprint density at radius 2 is 1.83 bits per heavy atom. The minimum Gasteiger partial charge on any atom is -0.481 e.